The van der Waals surface area contributed by atoms with E-state index in [1.54, 1.807) is 18.5 Å². The highest BCUT2D eigenvalue weighted by Gasteiger charge is 2.12. The quantitative estimate of drug-likeness (QED) is 0.555. The number of carbonyl (C=O) groups excluding carboxylic acids is 1. The molecule has 2 heterocycles. The fourth-order valence-electron chi connectivity index (χ4n) is 3.23. The standard InChI is InChI=1S/C23H20N4O2/c28-22(13-17-7-2-1-3-8-17)25-15-21-19-10-4-5-11-20(19)23(29)27(26-21)16-18-9-6-12-24-14-18/h1-12,14H,13,15-16H2,(H,25,28). The highest BCUT2D eigenvalue weighted by molar-refractivity contribution is 5.84. The van der Waals surface area contributed by atoms with Crippen LogP contribution in [0.2, 0.25) is 0 Å². The zero-order chi connectivity index (χ0) is 20.1. The van der Waals surface area contributed by atoms with Gasteiger partial charge in [-0.1, -0.05) is 54.6 Å². The van der Waals surface area contributed by atoms with Gasteiger partial charge in [-0.2, -0.15) is 5.10 Å². The van der Waals surface area contributed by atoms with Gasteiger partial charge in [0.15, 0.2) is 0 Å². The molecule has 0 saturated heterocycles. The minimum atomic E-state index is -0.163. The molecule has 29 heavy (non-hydrogen) atoms. The summed E-state index contributed by atoms with van der Waals surface area (Å²) in [5, 5.41) is 8.79. The van der Waals surface area contributed by atoms with Gasteiger partial charge in [-0.25, -0.2) is 4.68 Å². The smallest absolute Gasteiger partial charge is 0.274 e. The molecule has 0 fully saturated rings. The average Bonchev–Trinajstić information content (AvgIpc) is 2.76. The van der Waals surface area contributed by atoms with Gasteiger partial charge in [-0.15, -0.1) is 0 Å². The zero-order valence-electron chi connectivity index (χ0n) is 15.8. The molecule has 0 radical (unpaired) electrons. The number of hydrogen-bond donors (Lipinski definition) is 1. The summed E-state index contributed by atoms with van der Waals surface area (Å²) in [7, 11) is 0. The maximum absolute atomic E-state index is 12.9. The molecule has 144 valence electrons. The van der Waals surface area contributed by atoms with Crippen LogP contribution in [0.25, 0.3) is 10.8 Å². The van der Waals surface area contributed by atoms with Crippen LogP contribution in [-0.4, -0.2) is 20.7 Å². The van der Waals surface area contributed by atoms with Gasteiger partial charge in [-0.05, 0) is 23.3 Å². The van der Waals surface area contributed by atoms with Gasteiger partial charge in [0.05, 0.1) is 30.6 Å². The van der Waals surface area contributed by atoms with Crippen LogP contribution < -0.4 is 10.9 Å². The molecule has 0 spiro atoms. The molecule has 0 aliphatic carbocycles. The summed E-state index contributed by atoms with van der Waals surface area (Å²) in [4.78, 5) is 29.3. The molecular formula is C23H20N4O2. The van der Waals surface area contributed by atoms with Crippen LogP contribution in [0.5, 0.6) is 0 Å². The molecule has 6 heteroatoms. The topological polar surface area (TPSA) is 76.9 Å². The van der Waals surface area contributed by atoms with Gasteiger partial charge in [0, 0.05) is 17.8 Å². The molecule has 0 bridgehead atoms. The fourth-order valence-corrected chi connectivity index (χ4v) is 3.23. The summed E-state index contributed by atoms with van der Waals surface area (Å²) in [6.07, 6.45) is 3.70. The van der Waals surface area contributed by atoms with Crippen LogP contribution in [0.4, 0.5) is 0 Å². The number of nitrogens with one attached hydrogen (secondary N) is 1. The van der Waals surface area contributed by atoms with Crippen molar-refractivity contribution >= 4 is 16.7 Å². The van der Waals surface area contributed by atoms with Gasteiger partial charge < -0.3 is 5.32 Å². The number of nitrogens with zero attached hydrogens (tertiary/aromatic N) is 3. The first-order valence-electron chi connectivity index (χ1n) is 9.39. The van der Waals surface area contributed by atoms with Crippen LogP contribution >= 0.6 is 0 Å². The maximum atomic E-state index is 12.9. The highest BCUT2D eigenvalue weighted by Crippen LogP contribution is 2.14. The normalized spacial score (nSPS) is 10.8. The molecule has 0 unspecified atom stereocenters. The second kappa shape index (κ2) is 8.48. The number of carbonyl (C=O) groups is 1. The lowest BCUT2D eigenvalue weighted by Gasteiger charge is -2.12. The predicted molar refractivity (Wildman–Crippen MR) is 111 cm³/mol. The minimum Gasteiger partial charge on any atom is -0.350 e. The first kappa shape index (κ1) is 18.6. The Morgan fingerprint density at radius 2 is 1.62 bits per heavy atom. The van der Waals surface area contributed by atoms with Crippen LogP contribution in [-0.2, 0) is 24.3 Å². The molecule has 6 nitrogen and oxygen atoms in total. The summed E-state index contributed by atoms with van der Waals surface area (Å²) in [5.74, 6) is -0.0907. The number of rotatable bonds is 6. The minimum absolute atomic E-state index is 0.0907. The number of aromatic nitrogens is 3. The second-order valence-electron chi connectivity index (χ2n) is 6.76. The molecule has 4 aromatic rings. The molecule has 0 aliphatic rings. The van der Waals surface area contributed by atoms with E-state index in [-0.39, 0.29) is 18.0 Å². The van der Waals surface area contributed by atoms with Crippen LogP contribution in [0.3, 0.4) is 0 Å². The SMILES string of the molecule is O=C(Cc1ccccc1)NCc1nn(Cc2cccnc2)c(=O)c2ccccc12. The van der Waals surface area contributed by atoms with Crippen molar-refractivity contribution in [3.05, 3.63) is 106 Å². The Morgan fingerprint density at radius 3 is 2.38 bits per heavy atom. The predicted octanol–water partition coefficient (Wildman–Crippen LogP) is 2.70. The summed E-state index contributed by atoms with van der Waals surface area (Å²) < 4.78 is 1.43. The van der Waals surface area contributed by atoms with Crippen LogP contribution in [0.1, 0.15) is 16.8 Å². The molecule has 2 aromatic carbocycles. The maximum Gasteiger partial charge on any atom is 0.274 e. The Labute approximate surface area is 167 Å². The Bertz CT molecular complexity index is 1190. The largest absolute Gasteiger partial charge is 0.350 e. The van der Waals surface area contributed by atoms with E-state index in [9.17, 15) is 9.59 Å². The van der Waals surface area contributed by atoms with Crippen molar-refractivity contribution in [3.8, 4) is 0 Å². The summed E-state index contributed by atoms with van der Waals surface area (Å²) >= 11 is 0. The fraction of sp³-hybridized carbons (Fsp3) is 0.130. The van der Waals surface area contributed by atoms with Crippen molar-refractivity contribution in [2.75, 3.05) is 0 Å². The Kier molecular flexibility index (Phi) is 5.42. The van der Waals surface area contributed by atoms with E-state index in [1.807, 2.05) is 60.7 Å². The molecule has 4 rings (SSSR count). The van der Waals surface area contributed by atoms with E-state index >= 15 is 0 Å². The highest BCUT2D eigenvalue weighted by atomic mass is 16.1. The van der Waals surface area contributed by atoms with E-state index in [0.717, 1.165) is 16.5 Å². The average molecular weight is 384 g/mol. The Hall–Kier alpha value is -3.80. The lowest BCUT2D eigenvalue weighted by molar-refractivity contribution is -0.120. The Balaban J connectivity index is 1.60. The number of hydrogen-bond acceptors (Lipinski definition) is 4. The molecule has 2 aromatic heterocycles. The van der Waals surface area contributed by atoms with E-state index in [4.69, 9.17) is 0 Å². The van der Waals surface area contributed by atoms with Gasteiger partial charge >= 0.3 is 0 Å². The van der Waals surface area contributed by atoms with Gasteiger partial charge in [0.2, 0.25) is 5.91 Å². The van der Waals surface area contributed by atoms with Crippen molar-refractivity contribution in [1.82, 2.24) is 20.1 Å². The Morgan fingerprint density at radius 1 is 0.897 bits per heavy atom. The van der Waals surface area contributed by atoms with Crippen molar-refractivity contribution in [2.24, 2.45) is 0 Å². The van der Waals surface area contributed by atoms with E-state index in [2.05, 4.69) is 15.4 Å². The van der Waals surface area contributed by atoms with Crippen molar-refractivity contribution < 1.29 is 4.79 Å². The molecule has 1 N–H and O–H groups in total. The third-order valence-corrected chi connectivity index (χ3v) is 4.66. The lowest BCUT2D eigenvalue weighted by Crippen LogP contribution is -2.29. The summed E-state index contributed by atoms with van der Waals surface area (Å²) in [6.45, 7) is 0.571. The van der Waals surface area contributed by atoms with E-state index < -0.39 is 0 Å². The van der Waals surface area contributed by atoms with E-state index in [1.165, 1.54) is 4.68 Å². The molecule has 0 saturated carbocycles. The number of pyridine rings is 1. The second-order valence-corrected chi connectivity index (χ2v) is 6.76. The third kappa shape index (κ3) is 4.38. The van der Waals surface area contributed by atoms with Crippen molar-refractivity contribution in [2.45, 2.75) is 19.5 Å². The van der Waals surface area contributed by atoms with Gasteiger partial charge in [-0.3, -0.25) is 14.6 Å². The van der Waals surface area contributed by atoms with Crippen molar-refractivity contribution in [1.29, 1.82) is 0 Å². The first-order chi connectivity index (χ1) is 14.2. The third-order valence-electron chi connectivity index (χ3n) is 4.66. The zero-order valence-corrected chi connectivity index (χ0v) is 15.8. The number of amides is 1. The first-order valence-corrected chi connectivity index (χ1v) is 9.39. The molecule has 0 atom stereocenters. The summed E-state index contributed by atoms with van der Waals surface area (Å²) in [5.41, 5.74) is 2.33. The van der Waals surface area contributed by atoms with E-state index in [0.29, 0.717) is 24.0 Å². The monoisotopic (exact) mass is 384 g/mol. The van der Waals surface area contributed by atoms with Gasteiger partial charge in [0.1, 0.15) is 0 Å². The molecular weight excluding hydrogens is 364 g/mol. The van der Waals surface area contributed by atoms with Crippen LogP contribution in [0, 0.1) is 0 Å². The van der Waals surface area contributed by atoms with Crippen LogP contribution in [0.15, 0.2) is 83.9 Å². The summed E-state index contributed by atoms with van der Waals surface area (Å²) in [6, 6.07) is 20.6. The van der Waals surface area contributed by atoms with Gasteiger partial charge in [0.25, 0.3) is 5.56 Å². The number of benzene rings is 2. The van der Waals surface area contributed by atoms with Crippen molar-refractivity contribution in [3.63, 3.8) is 0 Å². The molecule has 1 amide bonds. The number of fused-ring (bicyclic) bond motifs is 1. The lowest BCUT2D eigenvalue weighted by atomic mass is 10.1. The molecule has 0 aliphatic heterocycles.